The van der Waals surface area contributed by atoms with Crippen molar-refractivity contribution in [1.29, 1.82) is 5.26 Å². The number of nitrogens with zero attached hydrogens (tertiary/aromatic N) is 2. The monoisotopic (exact) mass is 284 g/mol. The van der Waals surface area contributed by atoms with Crippen molar-refractivity contribution >= 4 is 0 Å². The van der Waals surface area contributed by atoms with Crippen LogP contribution in [0.3, 0.4) is 0 Å². The maximum atomic E-state index is 9.57. The van der Waals surface area contributed by atoms with Gasteiger partial charge in [0.1, 0.15) is 18.4 Å². The third-order valence-electron chi connectivity index (χ3n) is 3.05. The molecule has 1 N–H and O–H groups in total. The van der Waals surface area contributed by atoms with Gasteiger partial charge in [-0.05, 0) is 30.7 Å². The maximum Gasteiger partial charge on any atom is 0.161 e. The van der Waals surface area contributed by atoms with Crippen LogP contribution in [0.25, 0.3) is 0 Å². The van der Waals surface area contributed by atoms with Crippen LogP contribution >= 0.6 is 0 Å². The number of aliphatic hydroxyl groups excluding tert-OH is 1. The first-order chi connectivity index (χ1) is 10.2. The zero-order valence-electron chi connectivity index (χ0n) is 11.9. The Morgan fingerprint density at radius 3 is 2.81 bits per heavy atom. The number of hydrogen-bond donors (Lipinski definition) is 1. The standard InChI is InChI=1S/C16H16N2O3/c1-11(19)12-5-6-15(16(8-12)20-2)21-10-13-4-3-7-18-14(13)9-17/h3-8,11,19H,10H2,1-2H3. The normalized spacial score (nSPS) is 11.5. The van der Waals surface area contributed by atoms with E-state index in [1.165, 1.54) is 0 Å². The summed E-state index contributed by atoms with van der Waals surface area (Å²) in [6.07, 6.45) is 0.997. The molecule has 1 aromatic heterocycles. The molecule has 1 aromatic carbocycles. The number of aromatic nitrogens is 1. The lowest BCUT2D eigenvalue weighted by atomic mass is 10.1. The minimum Gasteiger partial charge on any atom is -0.493 e. The first kappa shape index (κ1) is 14.8. The van der Waals surface area contributed by atoms with Crippen LogP contribution in [0.15, 0.2) is 36.5 Å². The predicted octanol–water partition coefficient (Wildman–Crippen LogP) is 2.59. The van der Waals surface area contributed by atoms with Gasteiger partial charge >= 0.3 is 0 Å². The SMILES string of the molecule is COc1cc(C(C)O)ccc1OCc1cccnc1C#N. The molecule has 108 valence electrons. The molecule has 5 nitrogen and oxygen atoms in total. The lowest BCUT2D eigenvalue weighted by Gasteiger charge is -2.13. The Kier molecular flexibility index (Phi) is 4.75. The van der Waals surface area contributed by atoms with Gasteiger partial charge in [-0.3, -0.25) is 0 Å². The molecule has 0 saturated heterocycles. The van der Waals surface area contributed by atoms with Gasteiger partial charge in [0.05, 0.1) is 13.2 Å². The molecule has 0 aliphatic carbocycles. The zero-order valence-corrected chi connectivity index (χ0v) is 11.9. The molecule has 1 unspecified atom stereocenters. The molecule has 2 aromatic rings. The van der Waals surface area contributed by atoms with Crippen molar-refractivity contribution in [3.05, 3.63) is 53.3 Å². The Hall–Kier alpha value is -2.58. The largest absolute Gasteiger partial charge is 0.493 e. The van der Waals surface area contributed by atoms with Crippen molar-refractivity contribution < 1.29 is 14.6 Å². The Labute approximate surface area is 123 Å². The molecule has 0 radical (unpaired) electrons. The molecule has 5 heteroatoms. The summed E-state index contributed by atoms with van der Waals surface area (Å²) in [6.45, 7) is 1.91. The highest BCUT2D eigenvalue weighted by atomic mass is 16.5. The Bertz CT molecular complexity index is 663. The predicted molar refractivity (Wildman–Crippen MR) is 76.9 cm³/mol. The van der Waals surface area contributed by atoms with Gasteiger partial charge in [0, 0.05) is 11.8 Å². The fourth-order valence-electron chi connectivity index (χ4n) is 1.87. The topological polar surface area (TPSA) is 75.4 Å². The number of benzene rings is 1. The zero-order chi connectivity index (χ0) is 15.2. The molecule has 2 rings (SSSR count). The van der Waals surface area contributed by atoms with E-state index in [1.807, 2.05) is 6.07 Å². The summed E-state index contributed by atoms with van der Waals surface area (Å²) in [5, 5.41) is 18.6. The van der Waals surface area contributed by atoms with Crippen LogP contribution in [-0.2, 0) is 6.61 Å². The van der Waals surface area contributed by atoms with Crippen LogP contribution in [0.5, 0.6) is 11.5 Å². The van der Waals surface area contributed by atoms with E-state index < -0.39 is 6.10 Å². The number of rotatable bonds is 5. The van der Waals surface area contributed by atoms with Gasteiger partial charge in [-0.25, -0.2) is 4.98 Å². The van der Waals surface area contributed by atoms with E-state index in [1.54, 1.807) is 50.6 Å². The lowest BCUT2D eigenvalue weighted by molar-refractivity contribution is 0.198. The van der Waals surface area contributed by atoms with Crippen molar-refractivity contribution in [1.82, 2.24) is 4.98 Å². The van der Waals surface area contributed by atoms with Gasteiger partial charge in [0.15, 0.2) is 11.5 Å². The minimum atomic E-state index is -0.573. The summed E-state index contributed by atoms with van der Waals surface area (Å²) in [6, 6.07) is 10.8. The highest BCUT2D eigenvalue weighted by Crippen LogP contribution is 2.30. The number of aliphatic hydroxyl groups is 1. The molecule has 0 saturated carbocycles. The molecule has 1 heterocycles. The first-order valence-electron chi connectivity index (χ1n) is 6.48. The van der Waals surface area contributed by atoms with Crippen molar-refractivity contribution in [3.63, 3.8) is 0 Å². The van der Waals surface area contributed by atoms with Crippen LogP contribution < -0.4 is 9.47 Å². The Morgan fingerprint density at radius 1 is 1.33 bits per heavy atom. The van der Waals surface area contributed by atoms with E-state index in [9.17, 15) is 5.11 Å². The van der Waals surface area contributed by atoms with E-state index in [2.05, 4.69) is 4.98 Å². The van der Waals surface area contributed by atoms with Gasteiger partial charge in [-0.2, -0.15) is 5.26 Å². The third-order valence-corrected chi connectivity index (χ3v) is 3.05. The number of hydrogen-bond acceptors (Lipinski definition) is 5. The molecule has 0 amide bonds. The highest BCUT2D eigenvalue weighted by molar-refractivity contribution is 5.43. The number of methoxy groups -OCH3 is 1. The second-order valence-corrected chi connectivity index (χ2v) is 4.50. The van der Waals surface area contributed by atoms with E-state index in [4.69, 9.17) is 14.7 Å². The van der Waals surface area contributed by atoms with E-state index in [0.29, 0.717) is 22.8 Å². The number of pyridine rings is 1. The van der Waals surface area contributed by atoms with Gasteiger partial charge < -0.3 is 14.6 Å². The fourth-order valence-corrected chi connectivity index (χ4v) is 1.87. The maximum absolute atomic E-state index is 9.57. The molecular formula is C16H16N2O3. The molecule has 0 bridgehead atoms. The summed E-state index contributed by atoms with van der Waals surface area (Å²) in [5.74, 6) is 1.09. The smallest absolute Gasteiger partial charge is 0.161 e. The summed E-state index contributed by atoms with van der Waals surface area (Å²) < 4.78 is 11.0. The van der Waals surface area contributed by atoms with Gasteiger partial charge in [0.2, 0.25) is 0 Å². The second kappa shape index (κ2) is 6.73. The van der Waals surface area contributed by atoms with Crippen LogP contribution in [0, 0.1) is 11.3 Å². The van der Waals surface area contributed by atoms with Crippen molar-refractivity contribution in [2.24, 2.45) is 0 Å². The summed E-state index contributed by atoms with van der Waals surface area (Å²) in [4.78, 5) is 3.98. The lowest BCUT2D eigenvalue weighted by Crippen LogP contribution is -2.02. The number of ether oxygens (including phenoxy) is 2. The molecule has 0 fully saturated rings. The van der Waals surface area contributed by atoms with E-state index in [-0.39, 0.29) is 6.61 Å². The summed E-state index contributed by atoms with van der Waals surface area (Å²) >= 11 is 0. The molecular weight excluding hydrogens is 268 g/mol. The summed E-state index contributed by atoms with van der Waals surface area (Å²) in [5.41, 5.74) is 1.80. The minimum absolute atomic E-state index is 0.223. The second-order valence-electron chi connectivity index (χ2n) is 4.50. The average molecular weight is 284 g/mol. The van der Waals surface area contributed by atoms with E-state index >= 15 is 0 Å². The Balaban J connectivity index is 2.18. The van der Waals surface area contributed by atoms with E-state index in [0.717, 1.165) is 5.56 Å². The fraction of sp³-hybridized carbons (Fsp3) is 0.250. The number of nitriles is 1. The molecule has 1 atom stereocenters. The Morgan fingerprint density at radius 2 is 2.14 bits per heavy atom. The third kappa shape index (κ3) is 3.50. The molecule has 0 spiro atoms. The van der Waals surface area contributed by atoms with Gasteiger partial charge in [0.25, 0.3) is 0 Å². The van der Waals surface area contributed by atoms with Crippen molar-refractivity contribution in [2.75, 3.05) is 7.11 Å². The van der Waals surface area contributed by atoms with Gasteiger partial charge in [-0.15, -0.1) is 0 Å². The molecule has 21 heavy (non-hydrogen) atoms. The molecule has 0 aliphatic heterocycles. The molecule has 0 aliphatic rings. The van der Waals surface area contributed by atoms with Crippen LogP contribution in [0.4, 0.5) is 0 Å². The highest BCUT2D eigenvalue weighted by Gasteiger charge is 2.10. The van der Waals surface area contributed by atoms with Gasteiger partial charge in [-0.1, -0.05) is 12.1 Å². The first-order valence-corrected chi connectivity index (χ1v) is 6.48. The van der Waals surface area contributed by atoms with Crippen LogP contribution in [0.2, 0.25) is 0 Å². The van der Waals surface area contributed by atoms with Crippen LogP contribution in [0.1, 0.15) is 29.8 Å². The van der Waals surface area contributed by atoms with Crippen LogP contribution in [-0.4, -0.2) is 17.2 Å². The van der Waals surface area contributed by atoms with Crippen molar-refractivity contribution in [2.45, 2.75) is 19.6 Å². The quantitative estimate of drug-likeness (QED) is 0.913. The average Bonchev–Trinajstić information content (AvgIpc) is 2.52. The van der Waals surface area contributed by atoms with Crippen molar-refractivity contribution in [3.8, 4) is 17.6 Å². The summed E-state index contributed by atoms with van der Waals surface area (Å²) in [7, 11) is 1.54.